The topological polar surface area (TPSA) is 29.3 Å². The van der Waals surface area contributed by atoms with E-state index in [2.05, 4.69) is 149 Å². The van der Waals surface area contributed by atoms with E-state index in [0.717, 1.165) is 44.5 Å². The summed E-state index contributed by atoms with van der Waals surface area (Å²) in [5, 5.41) is 8.37. The van der Waals surface area contributed by atoms with Crippen molar-refractivity contribution in [3.63, 3.8) is 0 Å². The second-order valence-electron chi connectivity index (χ2n) is 11.3. The Labute approximate surface area is 254 Å². The lowest BCUT2D eigenvalue weighted by Gasteiger charge is -2.26. The highest BCUT2D eigenvalue weighted by Crippen LogP contribution is 2.39. The van der Waals surface area contributed by atoms with Gasteiger partial charge >= 0.3 is 0 Å². The van der Waals surface area contributed by atoms with E-state index >= 15 is 0 Å². The molecule has 2 aromatic heterocycles. The van der Waals surface area contributed by atoms with Crippen LogP contribution in [0.25, 0.3) is 65.5 Å². The zero-order chi connectivity index (χ0) is 29.0. The van der Waals surface area contributed by atoms with E-state index < -0.39 is 0 Å². The van der Waals surface area contributed by atoms with Crippen LogP contribution in [0.3, 0.4) is 0 Å². The van der Waals surface area contributed by atoms with Gasteiger partial charge in [-0.3, -0.25) is 4.98 Å². The van der Waals surface area contributed by atoms with Crippen LogP contribution in [-0.4, -0.2) is 4.98 Å². The molecule has 7 aromatic carbocycles. The number of hydrogen-bond acceptors (Lipinski definition) is 3. The lowest BCUT2D eigenvalue weighted by molar-refractivity contribution is 0.668. The molecule has 44 heavy (non-hydrogen) atoms. The Bertz CT molecular complexity index is 2490. The summed E-state index contributed by atoms with van der Waals surface area (Å²) in [6, 6.07) is 54.1. The van der Waals surface area contributed by atoms with Crippen LogP contribution in [0.1, 0.15) is 0 Å². The first-order chi connectivity index (χ1) is 21.8. The number of anilines is 3. The maximum Gasteiger partial charge on any atom is 0.153 e. The average Bonchev–Trinajstić information content (AvgIpc) is 3.45. The van der Waals surface area contributed by atoms with Crippen LogP contribution in [0.5, 0.6) is 0 Å². The van der Waals surface area contributed by atoms with Gasteiger partial charge in [-0.15, -0.1) is 0 Å². The molecule has 3 heteroatoms. The van der Waals surface area contributed by atoms with Crippen LogP contribution in [0, 0.1) is 0 Å². The predicted molar refractivity (Wildman–Crippen MR) is 184 cm³/mol. The summed E-state index contributed by atoms with van der Waals surface area (Å²) in [6.07, 6.45) is 1.82. The lowest BCUT2D eigenvalue weighted by atomic mass is 9.99. The van der Waals surface area contributed by atoms with Crippen molar-refractivity contribution in [2.24, 2.45) is 0 Å². The van der Waals surface area contributed by atoms with E-state index in [4.69, 9.17) is 4.42 Å². The molecular weight excluding hydrogens is 536 g/mol. The maximum absolute atomic E-state index is 6.06. The SMILES string of the molecule is c1ccc(N(c2ccc(-c3ccc4cc5oc6cccnc6c5cc4c3)cc2)c2ccc3ccc4ccccc4c3c2)cc1. The Morgan fingerprint density at radius 3 is 2.00 bits per heavy atom. The van der Waals surface area contributed by atoms with Crippen LogP contribution in [0.2, 0.25) is 0 Å². The van der Waals surface area contributed by atoms with Gasteiger partial charge in [0.15, 0.2) is 5.58 Å². The molecule has 0 radical (unpaired) electrons. The molecule has 0 aliphatic heterocycles. The number of nitrogens with zero attached hydrogens (tertiary/aromatic N) is 2. The molecule has 3 nitrogen and oxygen atoms in total. The molecule has 0 saturated carbocycles. The van der Waals surface area contributed by atoms with Crippen LogP contribution in [0.15, 0.2) is 162 Å². The number of furan rings is 1. The molecule has 0 amide bonds. The maximum atomic E-state index is 6.06. The van der Waals surface area contributed by atoms with Crippen LogP contribution < -0.4 is 4.90 Å². The first kappa shape index (κ1) is 24.6. The first-order valence-electron chi connectivity index (χ1n) is 14.9. The zero-order valence-electron chi connectivity index (χ0n) is 23.8. The Kier molecular flexibility index (Phi) is 5.50. The summed E-state index contributed by atoms with van der Waals surface area (Å²) >= 11 is 0. The van der Waals surface area contributed by atoms with Gasteiger partial charge in [0.05, 0.1) is 0 Å². The number of para-hydroxylation sites is 1. The Morgan fingerprint density at radius 2 is 1.11 bits per heavy atom. The van der Waals surface area contributed by atoms with E-state index in [1.165, 1.54) is 38.1 Å². The third-order valence-electron chi connectivity index (χ3n) is 8.65. The van der Waals surface area contributed by atoms with Gasteiger partial charge in [0, 0.05) is 28.6 Å². The third-order valence-corrected chi connectivity index (χ3v) is 8.65. The molecule has 9 aromatic rings. The highest BCUT2D eigenvalue weighted by atomic mass is 16.3. The molecular formula is C41H26N2O. The van der Waals surface area contributed by atoms with Gasteiger partial charge in [-0.2, -0.15) is 0 Å². The van der Waals surface area contributed by atoms with Crippen LogP contribution in [-0.2, 0) is 0 Å². The quantitative estimate of drug-likeness (QED) is 0.200. The number of benzene rings is 7. The van der Waals surface area contributed by atoms with Crippen molar-refractivity contribution in [2.75, 3.05) is 4.90 Å². The van der Waals surface area contributed by atoms with Gasteiger partial charge in [0.2, 0.25) is 0 Å². The summed E-state index contributed by atoms with van der Waals surface area (Å²) in [5.41, 5.74) is 8.29. The standard InChI is InChI=1S/C41H26N2O/c1-2-8-33(9-3-1)43(35-21-18-29-13-12-28-7-4-5-10-36(28)37(29)26-35)34-19-16-27(17-20-34)30-14-15-31-25-40-38(24-32(31)23-30)41-39(44-40)11-6-22-42-41/h1-26H. The largest absolute Gasteiger partial charge is 0.454 e. The molecule has 0 fully saturated rings. The van der Waals surface area contributed by atoms with E-state index in [-0.39, 0.29) is 0 Å². The molecule has 9 rings (SSSR count). The molecule has 0 aliphatic carbocycles. The fourth-order valence-corrected chi connectivity index (χ4v) is 6.48. The van der Waals surface area contributed by atoms with E-state index in [0.29, 0.717) is 0 Å². The highest BCUT2D eigenvalue weighted by Gasteiger charge is 2.15. The minimum absolute atomic E-state index is 0.816. The van der Waals surface area contributed by atoms with Crippen LogP contribution >= 0.6 is 0 Å². The normalized spacial score (nSPS) is 11.6. The van der Waals surface area contributed by atoms with Gasteiger partial charge in [0.1, 0.15) is 11.1 Å². The Balaban J connectivity index is 1.14. The number of pyridine rings is 1. The number of aromatic nitrogens is 1. The summed E-state index contributed by atoms with van der Waals surface area (Å²) in [6.45, 7) is 0. The molecule has 0 aliphatic rings. The molecule has 206 valence electrons. The van der Waals surface area contributed by atoms with Gasteiger partial charge in [-0.05, 0) is 110 Å². The monoisotopic (exact) mass is 562 g/mol. The summed E-state index contributed by atoms with van der Waals surface area (Å²) < 4.78 is 6.06. The molecule has 2 heterocycles. The Hall–Kier alpha value is -5.93. The third kappa shape index (κ3) is 4.02. The molecule has 0 unspecified atom stereocenters. The van der Waals surface area contributed by atoms with E-state index in [1.54, 1.807) is 0 Å². The second-order valence-corrected chi connectivity index (χ2v) is 11.3. The molecule has 0 saturated heterocycles. The van der Waals surface area contributed by atoms with E-state index in [1.807, 2.05) is 18.3 Å². The minimum atomic E-state index is 0.816. The Morgan fingerprint density at radius 1 is 0.409 bits per heavy atom. The van der Waals surface area contributed by atoms with Gasteiger partial charge in [-0.25, -0.2) is 0 Å². The average molecular weight is 563 g/mol. The zero-order valence-corrected chi connectivity index (χ0v) is 23.8. The second kappa shape index (κ2) is 9.82. The molecule has 0 bridgehead atoms. The van der Waals surface area contributed by atoms with Crippen molar-refractivity contribution in [3.8, 4) is 11.1 Å². The first-order valence-corrected chi connectivity index (χ1v) is 14.9. The van der Waals surface area contributed by atoms with Gasteiger partial charge < -0.3 is 9.32 Å². The fraction of sp³-hybridized carbons (Fsp3) is 0. The summed E-state index contributed by atoms with van der Waals surface area (Å²) in [7, 11) is 0. The van der Waals surface area contributed by atoms with Crippen molar-refractivity contribution >= 4 is 71.4 Å². The lowest BCUT2D eigenvalue weighted by Crippen LogP contribution is -2.09. The number of rotatable bonds is 4. The molecule has 0 spiro atoms. The van der Waals surface area contributed by atoms with Crippen molar-refractivity contribution in [1.82, 2.24) is 4.98 Å². The fourth-order valence-electron chi connectivity index (χ4n) is 6.48. The van der Waals surface area contributed by atoms with Crippen molar-refractivity contribution in [2.45, 2.75) is 0 Å². The molecule has 0 N–H and O–H groups in total. The number of fused-ring (bicyclic) bond motifs is 7. The van der Waals surface area contributed by atoms with Crippen LogP contribution in [0.4, 0.5) is 17.1 Å². The molecule has 0 atom stereocenters. The van der Waals surface area contributed by atoms with Crippen molar-refractivity contribution in [1.29, 1.82) is 0 Å². The van der Waals surface area contributed by atoms with Crippen molar-refractivity contribution < 1.29 is 4.42 Å². The minimum Gasteiger partial charge on any atom is -0.454 e. The summed E-state index contributed by atoms with van der Waals surface area (Å²) in [5.74, 6) is 0. The smallest absolute Gasteiger partial charge is 0.153 e. The highest BCUT2D eigenvalue weighted by molar-refractivity contribution is 6.10. The van der Waals surface area contributed by atoms with Crippen molar-refractivity contribution in [3.05, 3.63) is 158 Å². The number of hydrogen-bond donors (Lipinski definition) is 0. The van der Waals surface area contributed by atoms with Gasteiger partial charge in [0.25, 0.3) is 0 Å². The summed E-state index contributed by atoms with van der Waals surface area (Å²) in [4.78, 5) is 6.90. The van der Waals surface area contributed by atoms with E-state index in [9.17, 15) is 0 Å². The van der Waals surface area contributed by atoms with Gasteiger partial charge in [-0.1, -0.05) is 84.9 Å². The predicted octanol–water partition coefficient (Wildman–Crippen LogP) is 11.6.